The van der Waals surface area contributed by atoms with Crippen LogP contribution in [0.4, 0.5) is 19.0 Å². The molecule has 0 spiro atoms. The van der Waals surface area contributed by atoms with E-state index in [4.69, 9.17) is 9.90 Å². The lowest BCUT2D eigenvalue weighted by Gasteiger charge is -2.35. The number of anilines is 1. The fourth-order valence-corrected chi connectivity index (χ4v) is 4.19. The second kappa shape index (κ2) is 9.51. The average molecular weight is 466 g/mol. The third kappa shape index (κ3) is 5.34. The number of carboxylic acid groups (broad SMARTS) is 1. The highest BCUT2D eigenvalue weighted by molar-refractivity contribution is 7.17. The molecule has 1 fully saturated rings. The molecule has 1 aliphatic heterocycles. The zero-order chi connectivity index (χ0) is 23.5. The van der Waals surface area contributed by atoms with E-state index in [0.717, 1.165) is 42.2 Å². The number of rotatable bonds is 2. The molecule has 170 valence electrons. The lowest BCUT2D eigenvalue weighted by atomic mass is 10.0. The lowest BCUT2D eigenvalue weighted by molar-refractivity contribution is -0.192. The van der Waals surface area contributed by atoms with Crippen molar-refractivity contribution in [1.82, 2.24) is 14.9 Å². The van der Waals surface area contributed by atoms with Crippen molar-refractivity contribution in [2.45, 2.75) is 20.0 Å². The van der Waals surface area contributed by atoms with Crippen LogP contribution >= 0.6 is 11.3 Å². The Hall–Kier alpha value is -3.21. The zero-order valence-electron chi connectivity index (χ0n) is 17.4. The minimum absolute atomic E-state index is 0.142. The van der Waals surface area contributed by atoms with Crippen molar-refractivity contribution >= 4 is 39.2 Å². The zero-order valence-corrected chi connectivity index (χ0v) is 18.2. The number of carbonyl (C=O) groups excluding carboxylic acids is 1. The highest BCUT2D eigenvalue weighted by atomic mass is 32.1. The first-order valence-electron chi connectivity index (χ1n) is 9.67. The van der Waals surface area contributed by atoms with Crippen LogP contribution in [0.15, 0.2) is 36.0 Å². The van der Waals surface area contributed by atoms with Gasteiger partial charge in [-0.25, -0.2) is 14.8 Å². The average Bonchev–Trinajstić information content (AvgIpc) is 3.18. The highest BCUT2D eigenvalue weighted by Gasteiger charge is 2.38. The van der Waals surface area contributed by atoms with E-state index < -0.39 is 12.1 Å². The van der Waals surface area contributed by atoms with Gasteiger partial charge in [-0.1, -0.05) is 29.8 Å². The fraction of sp³-hybridized carbons (Fsp3) is 0.333. The Bertz CT molecular complexity index is 1110. The number of aryl methyl sites for hydroxylation is 1. The molecule has 0 bridgehead atoms. The Labute approximate surface area is 186 Å². The Kier molecular flexibility index (Phi) is 6.97. The van der Waals surface area contributed by atoms with Crippen molar-refractivity contribution in [3.05, 3.63) is 41.5 Å². The van der Waals surface area contributed by atoms with Gasteiger partial charge in [0.15, 0.2) is 0 Å². The molecule has 0 aliphatic carbocycles. The van der Waals surface area contributed by atoms with Crippen LogP contribution in [0.3, 0.4) is 0 Å². The third-order valence-electron chi connectivity index (χ3n) is 4.98. The van der Waals surface area contributed by atoms with Crippen LogP contribution in [0.2, 0.25) is 0 Å². The topological polar surface area (TPSA) is 86.6 Å². The van der Waals surface area contributed by atoms with Gasteiger partial charge in [0.25, 0.3) is 0 Å². The summed E-state index contributed by atoms with van der Waals surface area (Å²) in [5.41, 5.74) is 3.62. The van der Waals surface area contributed by atoms with Gasteiger partial charge < -0.3 is 14.9 Å². The predicted octanol–water partition coefficient (Wildman–Crippen LogP) is 3.97. The molecular weight excluding hydrogens is 445 g/mol. The number of fused-ring (bicyclic) bond motifs is 1. The molecule has 0 atom stereocenters. The second-order valence-corrected chi connectivity index (χ2v) is 8.05. The number of nitrogens with zero attached hydrogens (tertiary/aromatic N) is 4. The first kappa shape index (κ1) is 23.5. The van der Waals surface area contributed by atoms with Crippen molar-refractivity contribution in [1.29, 1.82) is 0 Å². The van der Waals surface area contributed by atoms with Crippen molar-refractivity contribution in [2.24, 2.45) is 0 Å². The predicted molar refractivity (Wildman–Crippen MR) is 116 cm³/mol. The molecule has 1 aromatic carbocycles. The molecule has 0 saturated carbocycles. The summed E-state index contributed by atoms with van der Waals surface area (Å²) in [5, 5.41) is 10.4. The molecular formula is C21H21F3N4O3S. The van der Waals surface area contributed by atoms with Crippen molar-refractivity contribution in [2.75, 3.05) is 31.1 Å². The molecule has 11 heteroatoms. The quantitative estimate of drug-likeness (QED) is 0.615. The summed E-state index contributed by atoms with van der Waals surface area (Å²) in [6.45, 7) is 6.81. The number of halogens is 3. The molecule has 7 nitrogen and oxygen atoms in total. The van der Waals surface area contributed by atoms with Crippen molar-refractivity contribution < 1.29 is 27.9 Å². The molecule has 2 aromatic heterocycles. The molecule has 1 saturated heterocycles. The van der Waals surface area contributed by atoms with Gasteiger partial charge in [-0.15, -0.1) is 11.3 Å². The Morgan fingerprint density at radius 2 is 1.66 bits per heavy atom. The molecule has 1 amide bonds. The highest BCUT2D eigenvalue weighted by Crippen LogP contribution is 2.38. The summed E-state index contributed by atoms with van der Waals surface area (Å²) in [4.78, 5) is 34.7. The van der Waals surface area contributed by atoms with Crippen molar-refractivity contribution in [3.8, 4) is 11.1 Å². The van der Waals surface area contributed by atoms with Gasteiger partial charge >= 0.3 is 12.1 Å². The fourth-order valence-electron chi connectivity index (χ4n) is 3.28. The second-order valence-electron chi connectivity index (χ2n) is 7.19. The summed E-state index contributed by atoms with van der Waals surface area (Å²) in [6.07, 6.45) is -3.44. The van der Waals surface area contributed by atoms with Gasteiger partial charge in [-0.3, -0.25) is 4.79 Å². The Balaban J connectivity index is 0.000000360. The van der Waals surface area contributed by atoms with E-state index in [0.29, 0.717) is 0 Å². The van der Waals surface area contributed by atoms with E-state index in [9.17, 15) is 18.0 Å². The normalized spacial score (nSPS) is 14.2. The molecule has 3 heterocycles. The van der Waals surface area contributed by atoms with Gasteiger partial charge in [-0.2, -0.15) is 13.2 Å². The van der Waals surface area contributed by atoms with E-state index in [2.05, 4.69) is 51.4 Å². The van der Waals surface area contributed by atoms with Crippen LogP contribution in [-0.4, -0.2) is 64.2 Å². The molecule has 0 unspecified atom stereocenters. The Morgan fingerprint density at radius 3 is 2.19 bits per heavy atom. The van der Waals surface area contributed by atoms with E-state index in [1.807, 2.05) is 4.90 Å². The summed E-state index contributed by atoms with van der Waals surface area (Å²) in [7, 11) is 0. The number of alkyl halides is 3. The monoisotopic (exact) mass is 466 g/mol. The number of aliphatic carboxylic acids is 1. The minimum Gasteiger partial charge on any atom is -0.475 e. The van der Waals surface area contributed by atoms with Gasteiger partial charge in [-0.05, 0) is 12.5 Å². The largest absolute Gasteiger partial charge is 0.490 e. The molecule has 32 heavy (non-hydrogen) atoms. The number of hydrogen-bond acceptors (Lipinski definition) is 6. The molecule has 1 aliphatic rings. The first-order chi connectivity index (χ1) is 15.1. The summed E-state index contributed by atoms with van der Waals surface area (Å²) in [5.74, 6) is -1.64. The third-order valence-corrected chi connectivity index (χ3v) is 5.87. The maximum absolute atomic E-state index is 11.6. The lowest BCUT2D eigenvalue weighted by Crippen LogP contribution is -2.48. The van der Waals surface area contributed by atoms with Gasteiger partial charge in [0.2, 0.25) is 5.91 Å². The number of amides is 1. The minimum atomic E-state index is -5.08. The van der Waals surface area contributed by atoms with E-state index in [-0.39, 0.29) is 5.91 Å². The van der Waals surface area contributed by atoms with Gasteiger partial charge in [0.05, 0.1) is 5.39 Å². The Morgan fingerprint density at radius 1 is 1.06 bits per heavy atom. The first-order valence-corrected chi connectivity index (χ1v) is 10.6. The number of hydrogen-bond donors (Lipinski definition) is 1. The number of aromatic nitrogens is 2. The van der Waals surface area contributed by atoms with Crippen LogP contribution in [0.5, 0.6) is 0 Å². The van der Waals surface area contributed by atoms with Crippen molar-refractivity contribution in [3.63, 3.8) is 0 Å². The van der Waals surface area contributed by atoms with Crippen LogP contribution in [0.1, 0.15) is 12.5 Å². The van der Waals surface area contributed by atoms with Gasteiger partial charge in [0, 0.05) is 44.0 Å². The molecule has 1 N–H and O–H groups in total. The molecule has 3 aromatic rings. The van der Waals surface area contributed by atoms with E-state index in [1.165, 1.54) is 16.7 Å². The van der Waals surface area contributed by atoms with Crippen LogP contribution in [-0.2, 0) is 9.59 Å². The standard InChI is InChI=1S/C19H20N4OS.C2HF3O2/c1-13-3-5-15(6-4-13)16-11-25-19-17(16)18(20-12-21-19)23-9-7-22(8-10-23)14(2)24;3-2(4,5)1(6)7/h3-6,11-12H,7-10H2,1-2H3;(H,6,7). The number of carboxylic acids is 1. The summed E-state index contributed by atoms with van der Waals surface area (Å²) in [6, 6.07) is 8.57. The number of benzene rings is 1. The van der Waals surface area contributed by atoms with Gasteiger partial charge in [0.1, 0.15) is 17.0 Å². The summed E-state index contributed by atoms with van der Waals surface area (Å²) >= 11 is 1.65. The smallest absolute Gasteiger partial charge is 0.475 e. The SMILES string of the molecule is CC(=O)N1CCN(c2ncnc3scc(-c4ccc(C)cc4)c23)CC1.O=C(O)C(F)(F)F. The van der Waals surface area contributed by atoms with Crippen LogP contribution in [0.25, 0.3) is 21.3 Å². The van der Waals surface area contributed by atoms with E-state index in [1.54, 1.807) is 24.6 Å². The summed E-state index contributed by atoms with van der Waals surface area (Å²) < 4.78 is 31.7. The number of carbonyl (C=O) groups is 2. The maximum Gasteiger partial charge on any atom is 0.490 e. The van der Waals surface area contributed by atoms with E-state index >= 15 is 0 Å². The maximum atomic E-state index is 11.6. The number of piperazine rings is 1. The van der Waals surface area contributed by atoms with Crippen LogP contribution < -0.4 is 4.90 Å². The van der Waals surface area contributed by atoms with Crippen LogP contribution in [0, 0.1) is 6.92 Å². The number of thiophene rings is 1. The molecule has 0 radical (unpaired) electrons. The molecule has 4 rings (SSSR count).